The van der Waals surface area contributed by atoms with Gasteiger partial charge in [-0.05, 0) is 64.3 Å². The first-order valence-electron chi connectivity index (χ1n) is 13.9. The summed E-state index contributed by atoms with van der Waals surface area (Å²) in [5, 5.41) is 1.54. The second-order valence-electron chi connectivity index (χ2n) is 11.3. The number of thiazole rings is 1. The van der Waals surface area contributed by atoms with Gasteiger partial charge in [-0.1, -0.05) is 18.2 Å². The van der Waals surface area contributed by atoms with E-state index in [0.29, 0.717) is 53.6 Å². The van der Waals surface area contributed by atoms with Crippen molar-refractivity contribution in [3.8, 4) is 5.75 Å². The molecule has 4 aromatic rings. The number of amides is 2. The Kier molecular flexibility index (Phi) is 8.34. The zero-order chi connectivity index (χ0) is 31.0. The molecule has 0 aliphatic heterocycles. The lowest BCUT2D eigenvalue weighted by Crippen LogP contribution is -2.50. The molecular weight excluding hydrogens is 590 g/mol. The Hall–Kier alpha value is -3.81. The standard InChI is InChI=1S/C30H35N5O6S2/c1-19-26(27(36)34-43(38,39)29(2,3)31)33-25(42-19)18-35(15-7-9-21-16-20-8-5-6-10-23(20)41-21)28(37)30(13-14-30)24-12-11-22(40-4)17-32-24/h5-6,8,10-12,16-17H,7,9,13-15,18,31H2,1-4H3,(H,34,36). The first-order chi connectivity index (χ1) is 20.3. The Morgan fingerprint density at radius 3 is 2.58 bits per heavy atom. The fourth-order valence-electron chi connectivity index (χ4n) is 4.84. The van der Waals surface area contributed by atoms with E-state index in [9.17, 15) is 18.0 Å². The minimum atomic E-state index is -4.13. The van der Waals surface area contributed by atoms with Crippen LogP contribution in [0.3, 0.4) is 0 Å². The van der Waals surface area contributed by atoms with Gasteiger partial charge in [-0.2, -0.15) is 0 Å². The summed E-state index contributed by atoms with van der Waals surface area (Å²) in [6.07, 6.45) is 4.22. The number of ether oxygens (including phenoxy) is 1. The van der Waals surface area contributed by atoms with Gasteiger partial charge in [-0.3, -0.25) is 14.6 Å². The molecule has 0 saturated heterocycles. The van der Waals surface area contributed by atoms with Gasteiger partial charge in [-0.15, -0.1) is 11.3 Å². The van der Waals surface area contributed by atoms with Crippen LogP contribution in [0.1, 0.15) is 64.9 Å². The zero-order valence-corrected chi connectivity index (χ0v) is 26.2. The predicted octanol–water partition coefficient (Wildman–Crippen LogP) is 4.05. The van der Waals surface area contributed by atoms with Gasteiger partial charge in [0.05, 0.1) is 31.0 Å². The molecule has 0 spiro atoms. The number of fused-ring (bicyclic) bond motifs is 1. The van der Waals surface area contributed by atoms with Crippen molar-refractivity contribution in [1.29, 1.82) is 0 Å². The number of nitrogens with zero attached hydrogens (tertiary/aromatic N) is 3. The summed E-state index contributed by atoms with van der Waals surface area (Å²) in [4.78, 5) is 36.6. The maximum atomic E-state index is 14.1. The van der Waals surface area contributed by atoms with Crippen LogP contribution in [0, 0.1) is 6.92 Å². The molecule has 1 aromatic carbocycles. The molecule has 11 nitrogen and oxygen atoms in total. The first kappa shape index (κ1) is 30.6. The van der Waals surface area contributed by atoms with Gasteiger partial charge in [0.25, 0.3) is 15.9 Å². The molecular formula is C30H35N5O6S2. The number of pyridine rings is 1. The second kappa shape index (κ2) is 11.7. The predicted molar refractivity (Wildman–Crippen MR) is 163 cm³/mol. The van der Waals surface area contributed by atoms with Crippen molar-refractivity contribution >= 4 is 44.1 Å². The van der Waals surface area contributed by atoms with E-state index in [4.69, 9.17) is 14.9 Å². The minimum absolute atomic E-state index is 0.0135. The normalized spacial score (nSPS) is 14.4. The fraction of sp³-hybridized carbons (Fsp3) is 0.400. The molecule has 3 heterocycles. The van der Waals surface area contributed by atoms with Crippen LogP contribution in [0.15, 0.2) is 53.1 Å². The molecule has 1 fully saturated rings. The number of nitrogens with two attached hydrogens (primary N) is 1. The van der Waals surface area contributed by atoms with Crippen LogP contribution in [0.25, 0.3) is 11.0 Å². The highest BCUT2D eigenvalue weighted by atomic mass is 32.2. The summed E-state index contributed by atoms with van der Waals surface area (Å²) in [5.41, 5.74) is 6.47. The summed E-state index contributed by atoms with van der Waals surface area (Å²) in [5.74, 6) is 0.516. The van der Waals surface area contributed by atoms with Crippen LogP contribution in [-0.2, 0) is 33.2 Å². The topological polar surface area (TPSA) is 158 Å². The smallest absolute Gasteiger partial charge is 0.284 e. The third-order valence-electron chi connectivity index (χ3n) is 7.54. The Labute approximate surface area is 254 Å². The molecule has 3 aromatic heterocycles. The largest absolute Gasteiger partial charge is 0.495 e. The fourth-order valence-corrected chi connectivity index (χ4v) is 6.39. The molecule has 0 unspecified atom stereocenters. The Morgan fingerprint density at radius 1 is 1.21 bits per heavy atom. The number of sulfonamides is 1. The van der Waals surface area contributed by atoms with Gasteiger partial charge in [0, 0.05) is 23.2 Å². The van der Waals surface area contributed by atoms with Crippen LogP contribution >= 0.6 is 11.3 Å². The molecule has 0 bridgehead atoms. The summed E-state index contributed by atoms with van der Waals surface area (Å²) in [7, 11) is -2.57. The Morgan fingerprint density at radius 2 is 1.95 bits per heavy atom. The SMILES string of the molecule is COc1ccc(C2(C(=O)N(CCCc3cc4ccccc4o3)Cc3nc(C(=O)NS(=O)(=O)C(C)(C)N)c(C)s3)CC2)nc1. The highest BCUT2D eigenvalue weighted by Gasteiger charge is 2.54. The summed E-state index contributed by atoms with van der Waals surface area (Å²) in [6, 6.07) is 13.4. The number of rotatable bonds is 12. The number of aromatic nitrogens is 2. The molecule has 0 radical (unpaired) electrons. The van der Waals surface area contributed by atoms with Crippen molar-refractivity contribution in [2.75, 3.05) is 13.7 Å². The van der Waals surface area contributed by atoms with Crippen molar-refractivity contribution in [1.82, 2.24) is 19.6 Å². The van der Waals surface area contributed by atoms with Crippen LogP contribution in [-0.4, -0.2) is 53.6 Å². The van der Waals surface area contributed by atoms with Crippen LogP contribution in [0.4, 0.5) is 0 Å². The second-order valence-corrected chi connectivity index (χ2v) is 14.8. The molecule has 5 rings (SSSR count). The highest BCUT2D eigenvalue weighted by Crippen LogP contribution is 2.49. The van der Waals surface area contributed by atoms with Gasteiger partial charge < -0.3 is 19.8 Å². The number of methoxy groups -OCH3 is 1. The van der Waals surface area contributed by atoms with Crippen molar-refractivity contribution in [2.24, 2.45) is 5.73 Å². The lowest BCUT2D eigenvalue weighted by Gasteiger charge is -2.26. The molecule has 1 aliphatic carbocycles. The van der Waals surface area contributed by atoms with Gasteiger partial charge in [-0.25, -0.2) is 18.1 Å². The number of nitrogens with one attached hydrogen (secondary N) is 1. The average molecular weight is 626 g/mol. The summed E-state index contributed by atoms with van der Waals surface area (Å²) in [6.45, 7) is 4.85. The van der Waals surface area contributed by atoms with E-state index < -0.39 is 26.2 Å². The number of benzene rings is 1. The maximum Gasteiger partial charge on any atom is 0.284 e. The molecule has 1 aliphatic rings. The van der Waals surface area contributed by atoms with Gasteiger partial charge >= 0.3 is 0 Å². The molecule has 3 N–H and O–H groups in total. The zero-order valence-electron chi connectivity index (χ0n) is 24.5. The third kappa shape index (κ3) is 6.43. The minimum Gasteiger partial charge on any atom is -0.495 e. The van der Waals surface area contributed by atoms with Crippen molar-refractivity contribution in [3.05, 3.63) is 75.7 Å². The highest BCUT2D eigenvalue weighted by molar-refractivity contribution is 7.91. The van der Waals surface area contributed by atoms with E-state index in [1.165, 1.54) is 25.2 Å². The van der Waals surface area contributed by atoms with Gasteiger partial charge in [0.1, 0.15) is 32.7 Å². The molecule has 228 valence electrons. The van der Waals surface area contributed by atoms with Crippen LogP contribution in [0.2, 0.25) is 0 Å². The number of hydrogen-bond acceptors (Lipinski definition) is 10. The number of carbonyl (C=O) groups is 2. The number of furan rings is 1. The lowest BCUT2D eigenvalue weighted by molar-refractivity contribution is -0.134. The average Bonchev–Trinajstić information content (AvgIpc) is 3.53. The van der Waals surface area contributed by atoms with E-state index in [0.717, 1.165) is 16.7 Å². The first-order valence-corrected chi connectivity index (χ1v) is 16.2. The molecule has 1 saturated carbocycles. The van der Waals surface area contributed by atoms with E-state index in [2.05, 4.69) is 9.97 Å². The van der Waals surface area contributed by atoms with Crippen molar-refractivity contribution < 1.29 is 27.2 Å². The third-order valence-corrected chi connectivity index (χ3v) is 10.3. The molecule has 13 heteroatoms. The van der Waals surface area contributed by atoms with E-state index in [1.54, 1.807) is 31.2 Å². The molecule has 0 atom stereocenters. The van der Waals surface area contributed by atoms with E-state index in [1.807, 2.05) is 41.1 Å². The lowest BCUT2D eigenvalue weighted by atomic mass is 9.99. The monoisotopic (exact) mass is 625 g/mol. The van der Waals surface area contributed by atoms with Crippen LogP contribution in [0.5, 0.6) is 5.75 Å². The van der Waals surface area contributed by atoms with Crippen molar-refractivity contribution in [2.45, 2.75) is 63.3 Å². The Bertz CT molecular complexity index is 1720. The van der Waals surface area contributed by atoms with E-state index >= 15 is 0 Å². The van der Waals surface area contributed by atoms with Gasteiger partial charge in [0.2, 0.25) is 5.91 Å². The van der Waals surface area contributed by atoms with Crippen molar-refractivity contribution in [3.63, 3.8) is 0 Å². The molecule has 43 heavy (non-hydrogen) atoms. The number of para-hydroxylation sites is 1. The summed E-state index contributed by atoms with van der Waals surface area (Å²) < 4.78 is 38.1. The Balaban J connectivity index is 1.37. The van der Waals surface area contributed by atoms with Crippen LogP contribution < -0.4 is 15.2 Å². The van der Waals surface area contributed by atoms with Gasteiger partial charge in [0.15, 0.2) is 0 Å². The number of hydrogen-bond donors (Lipinski definition) is 2. The summed E-state index contributed by atoms with van der Waals surface area (Å²) >= 11 is 1.24. The molecule has 2 amide bonds. The number of carbonyl (C=O) groups excluding carboxylic acids is 2. The number of aryl methyl sites for hydroxylation is 2. The quantitative estimate of drug-likeness (QED) is 0.237. The maximum absolute atomic E-state index is 14.1. The van der Waals surface area contributed by atoms with E-state index in [-0.39, 0.29) is 18.1 Å².